The molecule has 0 unspecified atom stereocenters. The van der Waals surface area contributed by atoms with Gasteiger partial charge in [-0.2, -0.15) is 0 Å². The molecule has 31 heavy (non-hydrogen) atoms. The fourth-order valence-corrected chi connectivity index (χ4v) is 5.48. The minimum absolute atomic E-state index is 0.302. The summed E-state index contributed by atoms with van der Waals surface area (Å²) in [5.74, 6) is 2.96. The SMILES string of the molecule is CC.CC.Cc1sc2c(c1Cc1ccccc1)CN(CC1CC1)[C@@H](C)c1nnc(C)n1-2. The molecule has 5 heteroatoms. The van der Waals surface area contributed by atoms with Crippen LogP contribution < -0.4 is 0 Å². The van der Waals surface area contributed by atoms with Gasteiger partial charge in [-0.1, -0.05) is 58.0 Å². The summed E-state index contributed by atoms with van der Waals surface area (Å²) >= 11 is 1.91. The van der Waals surface area contributed by atoms with Crippen molar-refractivity contribution in [3.63, 3.8) is 0 Å². The highest BCUT2D eigenvalue weighted by molar-refractivity contribution is 7.14. The van der Waals surface area contributed by atoms with E-state index in [-0.39, 0.29) is 0 Å². The molecule has 2 aromatic heterocycles. The predicted molar refractivity (Wildman–Crippen MR) is 132 cm³/mol. The number of fused-ring (bicyclic) bond motifs is 3. The number of aromatic nitrogens is 3. The van der Waals surface area contributed by atoms with E-state index in [1.165, 1.54) is 46.0 Å². The molecule has 0 spiro atoms. The van der Waals surface area contributed by atoms with E-state index in [1.54, 1.807) is 0 Å². The van der Waals surface area contributed by atoms with Gasteiger partial charge in [-0.25, -0.2) is 0 Å². The predicted octanol–water partition coefficient (Wildman–Crippen LogP) is 6.88. The van der Waals surface area contributed by atoms with E-state index in [1.807, 2.05) is 39.0 Å². The molecule has 2 aliphatic rings. The Morgan fingerprint density at radius 1 is 1.00 bits per heavy atom. The molecule has 3 heterocycles. The zero-order valence-corrected chi connectivity index (χ0v) is 21.1. The van der Waals surface area contributed by atoms with Gasteiger partial charge in [0.25, 0.3) is 0 Å². The molecule has 1 aromatic carbocycles. The van der Waals surface area contributed by atoms with Gasteiger partial charge in [0.15, 0.2) is 5.82 Å². The number of nitrogens with zero attached hydrogens (tertiary/aromatic N) is 4. The summed E-state index contributed by atoms with van der Waals surface area (Å²) in [6.07, 6.45) is 3.75. The van der Waals surface area contributed by atoms with Crippen molar-refractivity contribution in [2.75, 3.05) is 6.54 Å². The standard InChI is InChI=1S/C22H26N4S.2C2H6/c1-14-21-24-23-16(3)26(21)22-20(13-25(14)12-18-9-10-18)19(15(2)27-22)11-17-7-5-4-6-8-17;2*1-2/h4-8,14,18H,9-13H2,1-3H3;2*1-2H3/t14-;;/m0../s1. The minimum atomic E-state index is 0.302. The van der Waals surface area contributed by atoms with Crippen LogP contribution in [0, 0.1) is 19.8 Å². The zero-order chi connectivity index (χ0) is 22.5. The van der Waals surface area contributed by atoms with E-state index < -0.39 is 0 Å². The second kappa shape index (κ2) is 10.6. The van der Waals surface area contributed by atoms with Gasteiger partial charge in [-0.05, 0) is 57.1 Å². The summed E-state index contributed by atoms with van der Waals surface area (Å²) in [6.45, 7) is 16.8. The van der Waals surface area contributed by atoms with Gasteiger partial charge >= 0.3 is 0 Å². The van der Waals surface area contributed by atoms with E-state index in [0.29, 0.717) is 6.04 Å². The Morgan fingerprint density at radius 2 is 1.68 bits per heavy atom. The Balaban J connectivity index is 0.000000645. The third-order valence-corrected chi connectivity index (χ3v) is 7.22. The summed E-state index contributed by atoms with van der Waals surface area (Å²) in [7, 11) is 0. The van der Waals surface area contributed by atoms with Gasteiger partial charge in [0, 0.05) is 23.5 Å². The van der Waals surface area contributed by atoms with Crippen LogP contribution in [-0.2, 0) is 13.0 Å². The molecule has 1 aliphatic carbocycles. The lowest BCUT2D eigenvalue weighted by atomic mass is 10.0. The first kappa shape index (κ1) is 23.7. The first-order valence-electron chi connectivity index (χ1n) is 11.9. The Kier molecular flexibility index (Phi) is 8.06. The van der Waals surface area contributed by atoms with Gasteiger partial charge in [-0.15, -0.1) is 21.5 Å². The highest BCUT2D eigenvalue weighted by atomic mass is 32.1. The number of hydrogen-bond acceptors (Lipinski definition) is 4. The van der Waals surface area contributed by atoms with Gasteiger partial charge in [0.05, 0.1) is 6.04 Å². The van der Waals surface area contributed by atoms with Crippen molar-refractivity contribution in [1.29, 1.82) is 0 Å². The van der Waals surface area contributed by atoms with Crippen LogP contribution in [0.4, 0.5) is 0 Å². The van der Waals surface area contributed by atoms with E-state index in [9.17, 15) is 0 Å². The third kappa shape index (κ3) is 4.93. The lowest BCUT2D eigenvalue weighted by Crippen LogP contribution is -2.29. The molecule has 0 radical (unpaired) electrons. The summed E-state index contributed by atoms with van der Waals surface area (Å²) in [5, 5.41) is 10.3. The second-order valence-corrected chi connectivity index (χ2v) is 9.28. The molecule has 0 N–H and O–H groups in total. The van der Waals surface area contributed by atoms with Crippen LogP contribution >= 0.6 is 11.3 Å². The van der Waals surface area contributed by atoms with Crippen molar-refractivity contribution in [2.24, 2.45) is 5.92 Å². The molecule has 0 bridgehead atoms. The van der Waals surface area contributed by atoms with Crippen LogP contribution in [0.5, 0.6) is 0 Å². The number of thiophene rings is 1. The first-order chi connectivity index (χ1) is 15.1. The molecular weight excluding hydrogens is 400 g/mol. The van der Waals surface area contributed by atoms with Crippen LogP contribution in [0.3, 0.4) is 0 Å². The molecule has 0 saturated heterocycles. The number of hydrogen-bond donors (Lipinski definition) is 0. The summed E-state index contributed by atoms with van der Waals surface area (Å²) in [6, 6.07) is 11.1. The molecule has 3 aromatic rings. The topological polar surface area (TPSA) is 34.0 Å². The van der Waals surface area contributed by atoms with E-state index >= 15 is 0 Å². The molecule has 1 fully saturated rings. The molecule has 0 amide bonds. The molecular formula is C26H38N4S. The Labute approximate surface area is 192 Å². The maximum atomic E-state index is 4.58. The third-order valence-electron chi connectivity index (χ3n) is 6.05. The molecule has 5 rings (SSSR count). The van der Waals surface area contributed by atoms with Crippen LogP contribution in [0.1, 0.15) is 86.7 Å². The molecule has 1 aliphatic heterocycles. The number of aryl methyl sites for hydroxylation is 2. The van der Waals surface area contributed by atoms with E-state index in [0.717, 1.165) is 30.5 Å². The summed E-state index contributed by atoms with van der Waals surface area (Å²) in [4.78, 5) is 4.05. The van der Waals surface area contributed by atoms with Crippen LogP contribution in [-0.4, -0.2) is 26.2 Å². The van der Waals surface area contributed by atoms with E-state index in [2.05, 4.69) is 70.8 Å². The van der Waals surface area contributed by atoms with Crippen molar-refractivity contribution in [3.05, 3.63) is 63.5 Å². The van der Waals surface area contributed by atoms with Crippen molar-refractivity contribution in [3.8, 4) is 5.00 Å². The average molecular weight is 439 g/mol. The van der Waals surface area contributed by atoms with Crippen molar-refractivity contribution >= 4 is 11.3 Å². The molecule has 4 nitrogen and oxygen atoms in total. The van der Waals surface area contributed by atoms with Gasteiger partial charge < -0.3 is 0 Å². The minimum Gasteiger partial charge on any atom is -0.289 e. The lowest BCUT2D eigenvalue weighted by molar-refractivity contribution is 0.188. The fourth-order valence-electron chi connectivity index (χ4n) is 4.24. The number of rotatable bonds is 4. The quantitative estimate of drug-likeness (QED) is 0.445. The summed E-state index contributed by atoms with van der Waals surface area (Å²) in [5.41, 5.74) is 4.36. The van der Waals surface area contributed by atoms with Gasteiger partial charge in [0.1, 0.15) is 10.8 Å². The highest BCUT2D eigenvalue weighted by Crippen LogP contribution is 2.41. The first-order valence-corrected chi connectivity index (χ1v) is 12.7. The molecule has 1 saturated carbocycles. The normalized spacial score (nSPS) is 17.5. The maximum Gasteiger partial charge on any atom is 0.155 e. The van der Waals surface area contributed by atoms with Crippen molar-refractivity contribution in [1.82, 2.24) is 19.7 Å². The van der Waals surface area contributed by atoms with E-state index in [4.69, 9.17) is 0 Å². The van der Waals surface area contributed by atoms with Crippen LogP contribution in [0.2, 0.25) is 0 Å². The smallest absolute Gasteiger partial charge is 0.155 e. The van der Waals surface area contributed by atoms with Gasteiger partial charge in [0.2, 0.25) is 0 Å². The Morgan fingerprint density at radius 3 is 2.32 bits per heavy atom. The number of benzene rings is 1. The monoisotopic (exact) mass is 438 g/mol. The van der Waals surface area contributed by atoms with Crippen molar-refractivity contribution < 1.29 is 0 Å². The Hall–Kier alpha value is -1.98. The van der Waals surface area contributed by atoms with Crippen LogP contribution in [0.25, 0.3) is 5.00 Å². The molecule has 168 valence electrons. The van der Waals surface area contributed by atoms with Crippen LogP contribution in [0.15, 0.2) is 30.3 Å². The largest absolute Gasteiger partial charge is 0.289 e. The fraction of sp³-hybridized carbons (Fsp3) is 0.538. The molecule has 1 atom stereocenters. The Bertz CT molecular complexity index is 969. The highest BCUT2D eigenvalue weighted by Gasteiger charge is 2.34. The zero-order valence-electron chi connectivity index (χ0n) is 20.3. The maximum absolute atomic E-state index is 4.58. The second-order valence-electron chi connectivity index (χ2n) is 8.07. The average Bonchev–Trinajstić information content (AvgIpc) is 3.50. The van der Waals surface area contributed by atoms with Crippen molar-refractivity contribution in [2.45, 2.75) is 80.3 Å². The summed E-state index contributed by atoms with van der Waals surface area (Å²) < 4.78 is 2.32. The lowest BCUT2D eigenvalue weighted by Gasteiger charge is -2.26. The van der Waals surface area contributed by atoms with Gasteiger partial charge in [-0.3, -0.25) is 9.47 Å².